The normalized spacial score (nSPS) is 17.4. The molecule has 21 heavy (non-hydrogen) atoms. The minimum Gasteiger partial charge on any atom is -0.484 e. The van der Waals surface area contributed by atoms with Gasteiger partial charge in [0.1, 0.15) is 12.3 Å². The number of benzene rings is 1. The van der Waals surface area contributed by atoms with Crippen molar-refractivity contribution in [2.45, 2.75) is 25.1 Å². The van der Waals surface area contributed by atoms with Gasteiger partial charge in [-0.1, -0.05) is 6.07 Å². The van der Waals surface area contributed by atoms with Gasteiger partial charge in [0.25, 0.3) is 5.91 Å². The van der Waals surface area contributed by atoms with E-state index in [4.69, 9.17) is 4.74 Å². The Labute approximate surface area is 120 Å². The van der Waals surface area contributed by atoms with Crippen molar-refractivity contribution in [2.75, 3.05) is 20.2 Å². The summed E-state index contributed by atoms with van der Waals surface area (Å²) in [5.74, 6) is -0.298. The van der Waals surface area contributed by atoms with E-state index in [0.29, 0.717) is 11.8 Å². The molecule has 0 bridgehead atoms. The van der Waals surface area contributed by atoms with E-state index < -0.39 is 25.2 Å². The van der Waals surface area contributed by atoms with E-state index in [-0.39, 0.29) is 0 Å². The molecule has 7 heteroatoms. The minimum absolute atomic E-state index is 0.323. The van der Waals surface area contributed by atoms with Crippen molar-refractivity contribution >= 4 is 5.91 Å². The molecular weight excluding hydrogens is 285 g/mol. The van der Waals surface area contributed by atoms with Crippen LogP contribution in [0.4, 0.5) is 13.2 Å². The van der Waals surface area contributed by atoms with E-state index >= 15 is 0 Å². The molecule has 1 aliphatic rings. The second-order valence-electron chi connectivity index (χ2n) is 4.92. The Bertz CT molecular complexity index is 517. The predicted molar refractivity (Wildman–Crippen MR) is 71.1 cm³/mol. The maximum Gasteiger partial charge on any atom is 0.405 e. The Kier molecular flexibility index (Phi) is 4.72. The number of aryl methyl sites for hydroxylation is 1. The Morgan fingerprint density at radius 2 is 2.19 bits per heavy atom. The van der Waals surface area contributed by atoms with Gasteiger partial charge in [0, 0.05) is 6.04 Å². The fourth-order valence-corrected chi connectivity index (χ4v) is 2.38. The third-order valence-electron chi connectivity index (χ3n) is 3.40. The van der Waals surface area contributed by atoms with Crippen LogP contribution in [-0.4, -0.2) is 32.3 Å². The summed E-state index contributed by atoms with van der Waals surface area (Å²) < 4.78 is 41.0. The van der Waals surface area contributed by atoms with Crippen molar-refractivity contribution in [1.82, 2.24) is 10.6 Å². The predicted octanol–water partition coefficient (Wildman–Crippen LogP) is 1.95. The van der Waals surface area contributed by atoms with Gasteiger partial charge in [-0.3, -0.25) is 4.79 Å². The second kappa shape index (κ2) is 6.34. The maximum atomic E-state index is 11.9. The summed E-state index contributed by atoms with van der Waals surface area (Å²) >= 11 is 0. The van der Waals surface area contributed by atoms with E-state index in [1.807, 2.05) is 19.2 Å². The van der Waals surface area contributed by atoms with E-state index in [1.165, 1.54) is 5.56 Å². The molecule has 4 nitrogen and oxygen atoms in total. The highest BCUT2D eigenvalue weighted by molar-refractivity contribution is 5.77. The van der Waals surface area contributed by atoms with E-state index in [0.717, 1.165) is 18.4 Å². The zero-order chi connectivity index (χ0) is 15.5. The van der Waals surface area contributed by atoms with Gasteiger partial charge in [-0.25, -0.2) is 0 Å². The summed E-state index contributed by atoms with van der Waals surface area (Å²) in [6, 6.07) is 5.81. The van der Waals surface area contributed by atoms with Gasteiger partial charge in [-0.05, 0) is 43.1 Å². The van der Waals surface area contributed by atoms with Crippen LogP contribution in [0.3, 0.4) is 0 Å². The molecule has 1 unspecified atom stereocenters. The first-order valence-electron chi connectivity index (χ1n) is 6.65. The van der Waals surface area contributed by atoms with Crippen molar-refractivity contribution in [2.24, 2.45) is 0 Å². The lowest BCUT2D eigenvalue weighted by atomic mass is 10.1. The average molecular weight is 302 g/mol. The summed E-state index contributed by atoms with van der Waals surface area (Å²) in [5, 5.41) is 4.97. The van der Waals surface area contributed by atoms with Crippen molar-refractivity contribution < 1.29 is 22.7 Å². The summed E-state index contributed by atoms with van der Waals surface area (Å²) in [4.78, 5) is 11.2. The first-order chi connectivity index (χ1) is 9.89. The number of carbonyl (C=O) groups excluding carboxylic acids is 1. The molecule has 0 aliphatic heterocycles. The molecule has 1 aliphatic carbocycles. The molecule has 1 atom stereocenters. The van der Waals surface area contributed by atoms with Gasteiger partial charge in [-0.2, -0.15) is 13.2 Å². The molecule has 0 radical (unpaired) electrons. The standard InChI is InChI=1S/C14H17F3N2O2/c1-18-12-5-2-9-6-10(3-4-11(9)12)21-7-13(20)19-8-14(15,16)17/h3-4,6,12,18H,2,5,7-8H2,1H3,(H,19,20). The number of carbonyl (C=O) groups is 1. The molecule has 1 aromatic rings. The van der Waals surface area contributed by atoms with Crippen molar-refractivity contribution in [1.29, 1.82) is 0 Å². The number of fused-ring (bicyclic) bond motifs is 1. The first kappa shape index (κ1) is 15.6. The van der Waals surface area contributed by atoms with Crippen LogP contribution in [0.1, 0.15) is 23.6 Å². The molecule has 2 rings (SSSR count). The molecule has 0 fully saturated rings. The van der Waals surface area contributed by atoms with Crippen LogP contribution in [0.2, 0.25) is 0 Å². The van der Waals surface area contributed by atoms with Gasteiger partial charge in [0.15, 0.2) is 6.61 Å². The second-order valence-corrected chi connectivity index (χ2v) is 4.92. The van der Waals surface area contributed by atoms with Crippen LogP contribution < -0.4 is 15.4 Å². The smallest absolute Gasteiger partial charge is 0.405 e. The van der Waals surface area contributed by atoms with Crippen LogP contribution >= 0.6 is 0 Å². The summed E-state index contributed by atoms with van der Waals surface area (Å²) in [7, 11) is 1.90. The van der Waals surface area contributed by atoms with Gasteiger partial charge >= 0.3 is 6.18 Å². The lowest BCUT2D eigenvalue weighted by Gasteiger charge is -2.12. The third kappa shape index (κ3) is 4.35. The number of hydrogen-bond acceptors (Lipinski definition) is 3. The maximum absolute atomic E-state index is 11.9. The lowest BCUT2D eigenvalue weighted by molar-refractivity contribution is -0.139. The quantitative estimate of drug-likeness (QED) is 0.874. The minimum atomic E-state index is -4.41. The number of amides is 1. The molecule has 1 aromatic carbocycles. The number of alkyl halides is 3. The van der Waals surface area contributed by atoms with Crippen LogP contribution in [-0.2, 0) is 11.2 Å². The average Bonchev–Trinajstić information content (AvgIpc) is 2.84. The number of rotatable bonds is 5. The lowest BCUT2D eigenvalue weighted by Crippen LogP contribution is -2.36. The topological polar surface area (TPSA) is 50.4 Å². The summed E-state index contributed by atoms with van der Waals surface area (Å²) in [6.07, 6.45) is -2.49. The van der Waals surface area contributed by atoms with Gasteiger partial charge < -0.3 is 15.4 Å². The van der Waals surface area contributed by atoms with E-state index in [1.54, 1.807) is 11.4 Å². The molecule has 0 heterocycles. The highest BCUT2D eigenvalue weighted by Crippen LogP contribution is 2.33. The number of nitrogens with one attached hydrogen (secondary N) is 2. The van der Waals surface area contributed by atoms with E-state index in [9.17, 15) is 18.0 Å². The van der Waals surface area contributed by atoms with Crippen molar-refractivity contribution in [3.05, 3.63) is 29.3 Å². The molecule has 0 spiro atoms. The number of ether oxygens (including phenoxy) is 1. The molecule has 0 saturated carbocycles. The first-order valence-corrected chi connectivity index (χ1v) is 6.65. The van der Waals surface area contributed by atoms with Crippen LogP contribution in [0.5, 0.6) is 5.75 Å². The molecule has 2 N–H and O–H groups in total. The summed E-state index contributed by atoms with van der Waals surface area (Å²) in [5.41, 5.74) is 2.34. The van der Waals surface area contributed by atoms with Gasteiger partial charge in [0.2, 0.25) is 0 Å². The SMILES string of the molecule is CNC1CCc2cc(OCC(=O)NCC(F)(F)F)ccc21. The van der Waals surface area contributed by atoms with Gasteiger partial charge in [-0.15, -0.1) is 0 Å². The van der Waals surface area contributed by atoms with E-state index in [2.05, 4.69) is 5.32 Å². The fourth-order valence-electron chi connectivity index (χ4n) is 2.38. The Morgan fingerprint density at radius 3 is 2.86 bits per heavy atom. The van der Waals surface area contributed by atoms with Crippen LogP contribution in [0.25, 0.3) is 0 Å². The third-order valence-corrected chi connectivity index (χ3v) is 3.40. The molecule has 0 saturated heterocycles. The highest BCUT2D eigenvalue weighted by Gasteiger charge is 2.27. The zero-order valence-corrected chi connectivity index (χ0v) is 11.6. The molecule has 116 valence electrons. The number of hydrogen-bond donors (Lipinski definition) is 2. The number of halogens is 3. The highest BCUT2D eigenvalue weighted by atomic mass is 19.4. The monoisotopic (exact) mass is 302 g/mol. The largest absolute Gasteiger partial charge is 0.484 e. The Hall–Kier alpha value is -1.76. The van der Waals surface area contributed by atoms with Crippen molar-refractivity contribution in [3.8, 4) is 5.75 Å². The molecule has 1 amide bonds. The Morgan fingerprint density at radius 1 is 1.43 bits per heavy atom. The summed E-state index contributed by atoms with van der Waals surface area (Å²) in [6.45, 7) is -1.77. The van der Waals surface area contributed by atoms with Crippen molar-refractivity contribution in [3.63, 3.8) is 0 Å². The zero-order valence-electron chi connectivity index (χ0n) is 11.6. The van der Waals surface area contributed by atoms with Gasteiger partial charge in [0.05, 0.1) is 0 Å². The Balaban J connectivity index is 1.86. The fraction of sp³-hybridized carbons (Fsp3) is 0.500. The molecular formula is C14H17F3N2O2. The van der Waals surface area contributed by atoms with Crippen LogP contribution in [0, 0.1) is 0 Å². The molecule has 0 aromatic heterocycles. The van der Waals surface area contributed by atoms with Crippen LogP contribution in [0.15, 0.2) is 18.2 Å².